The molecule has 0 aliphatic rings. The summed E-state index contributed by atoms with van der Waals surface area (Å²) < 4.78 is 40.5. The van der Waals surface area contributed by atoms with Gasteiger partial charge in [0.05, 0.1) is 6.20 Å². The molecule has 0 N–H and O–H groups in total. The molecule has 0 aliphatic heterocycles. The van der Waals surface area contributed by atoms with Gasteiger partial charge in [0.1, 0.15) is 16.5 Å². The summed E-state index contributed by atoms with van der Waals surface area (Å²) in [5, 5.41) is 0. The lowest BCUT2D eigenvalue weighted by atomic mass is 10.2. The highest BCUT2D eigenvalue weighted by atomic mass is 35.7. The molecule has 0 radical (unpaired) electrons. The summed E-state index contributed by atoms with van der Waals surface area (Å²) in [7, 11) is 1.35. The normalized spacial score (nSPS) is 11.3. The number of halogens is 2. The lowest BCUT2D eigenvalue weighted by molar-refractivity contribution is 0.453. The largest absolute Gasteiger partial charge is 0.439 e. The molecule has 1 aromatic heterocycles. The Kier molecular flexibility index (Phi) is 3.73. The zero-order valence-electron chi connectivity index (χ0n) is 9.80. The fourth-order valence-electron chi connectivity index (χ4n) is 1.37. The van der Waals surface area contributed by atoms with E-state index in [1.807, 2.05) is 0 Å². The molecule has 0 spiro atoms. The van der Waals surface area contributed by atoms with E-state index in [0.717, 1.165) is 11.8 Å². The number of hydrogen-bond acceptors (Lipinski definition) is 4. The van der Waals surface area contributed by atoms with Crippen molar-refractivity contribution in [2.24, 2.45) is 0 Å². The molecule has 0 atom stereocenters. The molecule has 2 aromatic rings. The zero-order valence-corrected chi connectivity index (χ0v) is 11.4. The van der Waals surface area contributed by atoms with Gasteiger partial charge >= 0.3 is 0 Å². The van der Waals surface area contributed by atoms with Crippen molar-refractivity contribution < 1.29 is 17.5 Å². The van der Waals surface area contributed by atoms with Gasteiger partial charge in [-0.2, -0.15) is 0 Å². The SMILES string of the molecule is Cc1ccc(F)cc1Oc1ccc(S(=O)(=O)Cl)cn1. The van der Waals surface area contributed by atoms with E-state index in [9.17, 15) is 12.8 Å². The zero-order chi connectivity index (χ0) is 14.0. The van der Waals surface area contributed by atoms with E-state index in [0.29, 0.717) is 5.75 Å². The third kappa shape index (κ3) is 3.42. The molecule has 4 nitrogen and oxygen atoms in total. The van der Waals surface area contributed by atoms with Gasteiger partial charge in [0, 0.05) is 22.8 Å². The second-order valence-electron chi connectivity index (χ2n) is 3.78. The minimum absolute atomic E-state index is 0.127. The van der Waals surface area contributed by atoms with Gasteiger partial charge in [-0.1, -0.05) is 6.07 Å². The molecule has 0 unspecified atom stereocenters. The van der Waals surface area contributed by atoms with Crippen LogP contribution < -0.4 is 4.74 Å². The second kappa shape index (κ2) is 5.14. The van der Waals surface area contributed by atoms with E-state index in [4.69, 9.17) is 15.4 Å². The third-order valence-corrected chi connectivity index (χ3v) is 3.69. The van der Waals surface area contributed by atoms with Gasteiger partial charge in [0.25, 0.3) is 9.05 Å². The summed E-state index contributed by atoms with van der Waals surface area (Å²) in [6.07, 6.45) is 1.08. The summed E-state index contributed by atoms with van der Waals surface area (Å²) >= 11 is 0. The summed E-state index contributed by atoms with van der Waals surface area (Å²) in [6.45, 7) is 1.76. The summed E-state index contributed by atoms with van der Waals surface area (Å²) in [6, 6.07) is 6.73. The quantitative estimate of drug-likeness (QED) is 0.817. The molecule has 2 rings (SSSR count). The van der Waals surface area contributed by atoms with Crippen molar-refractivity contribution in [1.82, 2.24) is 4.98 Å². The Morgan fingerprint density at radius 3 is 2.58 bits per heavy atom. The van der Waals surface area contributed by atoms with Crippen molar-refractivity contribution in [3.05, 3.63) is 47.9 Å². The van der Waals surface area contributed by atoms with Gasteiger partial charge in [0.2, 0.25) is 5.88 Å². The lowest BCUT2D eigenvalue weighted by Crippen LogP contribution is -1.94. The van der Waals surface area contributed by atoms with E-state index in [1.54, 1.807) is 13.0 Å². The minimum atomic E-state index is -3.81. The third-order valence-electron chi connectivity index (χ3n) is 2.36. The first kappa shape index (κ1) is 13.8. The average molecular weight is 302 g/mol. The standard InChI is InChI=1S/C12H9ClFNO3S/c1-8-2-3-9(14)6-11(8)18-12-5-4-10(7-15-12)19(13,16)17/h2-7H,1H3. The Labute approximate surface area is 114 Å². The van der Waals surface area contributed by atoms with Gasteiger partial charge in [0.15, 0.2) is 0 Å². The molecule has 0 saturated carbocycles. The molecule has 0 fully saturated rings. The molecule has 0 amide bonds. The van der Waals surface area contributed by atoms with Gasteiger partial charge in [-0.3, -0.25) is 0 Å². The number of hydrogen-bond donors (Lipinski definition) is 0. The first-order chi connectivity index (χ1) is 8.86. The molecule has 100 valence electrons. The average Bonchev–Trinajstić information content (AvgIpc) is 2.33. The maximum atomic E-state index is 13.1. The molecule has 1 heterocycles. The number of ether oxygens (including phenoxy) is 1. The molecule has 0 bridgehead atoms. The van der Waals surface area contributed by atoms with Crippen LogP contribution in [0.5, 0.6) is 11.6 Å². The fourth-order valence-corrected chi connectivity index (χ4v) is 2.05. The maximum Gasteiger partial charge on any atom is 0.262 e. The molecule has 1 aromatic carbocycles. The van der Waals surface area contributed by atoms with Crippen LogP contribution in [0, 0.1) is 12.7 Å². The first-order valence-electron chi connectivity index (χ1n) is 5.21. The summed E-state index contributed by atoms with van der Waals surface area (Å²) in [4.78, 5) is 3.68. The fraction of sp³-hybridized carbons (Fsp3) is 0.0833. The van der Waals surface area contributed by atoms with Crippen LogP contribution in [0.4, 0.5) is 4.39 Å². The van der Waals surface area contributed by atoms with Crippen LogP contribution in [-0.4, -0.2) is 13.4 Å². The van der Waals surface area contributed by atoms with E-state index in [2.05, 4.69) is 4.98 Å². The Bertz CT molecular complexity index is 701. The Morgan fingerprint density at radius 1 is 1.26 bits per heavy atom. The van der Waals surface area contributed by atoms with Crippen LogP contribution in [0.3, 0.4) is 0 Å². The van der Waals surface area contributed by atoms with Crippen LogP contribution in [0.25, 0.3) is 0 Å². The lowest BCUT2D eigenvalue weighted by Gasteiger charge is -2.07. The number of pyridine rings is 1. The van der Waals surface area contributed by atoms with Crippen LogP contribution in [-0.2, 0) is 9.05 Å². The van der Waals surface area contributed by atoms with Crippen molar-refractivity contribution in [2.75, 3.05) is 0 Å². The summed E-state index contributed by atoms with van der Waals surface area (Å²) in [5.41, 5.74) is 0.734. The van der Waals surface area contributed by atoms with Gasteiger partial charge < -0.3 is 4.74 Å². The highest BCUT2D eigenvalue weighted by Gasteiger charge is 2.11. The number of nitrogens with zero attached hydrogens (tertiary/aromatic N) is 1. The highest BCUT2D eigenvalue weighted by molar-refractivity contribution is 8.13. The number of aromatic nitrogens is 1. The highest BCUT2D eigenvalue weighted by Crippen LogP contribution is 2.25. The molecular formula is C12H9ClFNO3S. The van der Waals surface area contributed by atoms with E-state index >= 15 is 0 Å². The van der Waals surface area contributed by atoms with Crippen molar-refractivity contribution in [1.29, 1.82) is 0 Å². The number of benzene rings is 1. The molecular weight excluding hydrogens is 293 g/mol. The van der Waals surface area contributed by atoms with E-state index in [-0.39, 0.29) is 10.8 Å². The van der Waals surface area contributed by atoms with Crippen LogP contribution in [0.15, 0.2) is 41.4 Å². The molecule has 0 saturated heterocycles. The molecule has 19 heavy (non-hydrogen) atoms. The maximum absolute atomic E-state index is 13.1. The Hall–Kier alpha value is -1.66. The first-order valence-corrected chi connectivity index (χ1v) is 7.52. The smallest absolute Gasteiger partial charge is 0.262 e. The van der Waals surface area contributed by atoms with Crippen molar-refractivity contribution in [2.45, 2.75) is 11.8 Å². The van der Waals surface area contributed by atoms with E-state index in [1.165, 1.54) is 24.3 Å². The van der Waals surface area contributed by atoms with Crippen LogP contribution >= 0.6 is 10.7 Å². The minimum Gasteiger partial charge on any atom is -0.439 e. The van der Waals surface area contributed by atoms with Crippen molar-refractivity contribution in [3.8, 4) is 11.6 Å². The Balaban J connectivity index is 2.27. The van der Waals surface area contributed by atoms with Crippen molar-refractivity contribution in [3.63, 3.8) is 0 Å². The monoisotopic (exact) mass is 301 g/mol. The molecule has 0 aliphatic carbocycles. The van der Waals surface area contributed by atoms with Gasteiger partial charge in [-0.15, -0.1) is 0 Å². The molecule has 7 heteroatoms. The van der Waals surface area contributed by atoms with Crippen LogP contribution in [0.1, 0.15) is 5.56 Å². The predicted octanol–water partition coefficient (Wildman–Crippen LogP) is 3.25. The second-order valence-corrected chi connectivity index (χ2v) is 6.35. The van der Waals surface area contributed by atoms with E-state index < -0.39 is 14.9 Å². The van der Waals surface area contributed by atoms with Crippen LogP contribution in [0.2, 0.25) is 0 Å². The summed E-state index contributed by atoms with van der Waals surface area (Å²) in [5.74, 6) is 0.0345. The number of rotatable bonds is 3. The van der Waals surface area contributed by atoms with Gasteiger partial charge in [-0.05, 0) is 24.6 Å². The number of aryl methyl sites for hydroxylation is 1. The topological polar surface area (TPSA) is 56.3 Å². The Morgan fingerprint density at radius 2 is 2.00 bits per heavy atom. The predicted molar refractivity (Wildman–Crippen MR) is 68.5 cm³/mol. The van der Waals surface area contributed by atoms with Crippen molar-refractivity contribution >= 4 is 19.7 Å². The van der Waals surface area contributed by atoms with Gasteiger partial charge in [-0.25, -0.2) is 17.8 Å².